The van der Waals surface area contributed by atoms with Crippen LogP contribution in [0, 0.1) is 6.92 Å². The average Bonchev–Trinajstić information content (AvgIpc) is 2.81. The van der Waals surface area contributed by atoms with E-state index in [1.165, 1.54) is 0 Å². The fraction of sp³-hybridized carbons (Fsp3) is 0.571. The van der Waals surface area contributed by atoms with Crippen molar-refractivity contribution in [3.63, 3.8) is 0 Å². The maximum Gasteiger partial charge on any atom is 0.409 e. The second-order valence-electron chi connectivity index (χ2n) is 4.96. The van der Waals surface area contributed by atoms with Gasteiger partial charge in [0.25, 0.3) is 0 Å². The third-order valence-corrected chi connectivity index (χ3v) is 3.52. The molecule has 1 saturated heterocycles. The van der Waals surface area contributed by atoms with Crippen molar-refractivity contribution in [3.05, 3.63) is 23.2 Å². The molecule has 0 saturated carbocycles. The lowest BCUT2D eigenvalue weighted by Gasteiger charge is -2.33. The molecule has 1 amide bonds. The van der Waals surface area contributed by atoms with Gasteiger partial charge in [0.05, 0.1) is 6.61 Å². The second kappa shape index (κ2) is 6.62. The molecule has 0 aromatic carbocycles. The number of hydrogen-bond donors (Lipinski definition) is 1. The number of rotatable bonds is 4. The first kappa shape index (κ1) is 15.4. The standard InChI is InChI=1S/C14H20N2O5/c1-3-20-14(19)16-6-4-15(5-7-16)9-11-8-12(13(17)18)21-10(11)2/h8H,3-7,9H2,1-2H3,(H,17,18). The van der Waals surface area contributed by atoms with Gasteiger partial charge in [-0.2, -0.15) is 0 Å². The van der Waals surface area contributed by atoms with Gasteiger partial charge in [0.1, 0.15) is 5.76 Å². The van der Waals surface area contributed by atoms with Crippen molar-refractivity contribution in [2.45, 2.75) is 20.4 Å². The third-order valence-electron chi connectivity index (χ3n) is 3.52. The van der Waals surface area contributed by atoms with Crippen molar-refractivity contribution in [2.75, 3.05) is 32.8 Å². The Kier molecular flexibility index (Phi) is 4.85. The summed E-state index contributed by atoms with van der Waals surface area (Å²) in [5.41, 5.74) is 0.872. The molecule has 1 N–H and O–H groups in total. The molecule has 0 bridgehead atoms. The number of aromatic carboxylic acids is 1. The molecule has 1 fully saturated rings. The molecule has 2 heterocycles. The van der Waals surface area contributed by atoms with Crippen LogP contribution in [0.4, 0.5) is 4.79 Å². The van der Waals surface area contributed by atoms with Gasteiger partial charge in [-0.05, 0) is 19.9 Å². The summed E-state index contributed by atoms with van der Waals surface area (Å²) in [6.45, 7) is 7.23. The Morgan fingerprint density at radius 1 is 1.33 bits per heavy atom. The number of nitrogens with zero attached hydrogens (tertiary/aromatic N) is 2. The second-order valence-corrected chi connectivity index (χ2v) is 4.96. The molecule has 1 aromatic heterocycles. The first-order valence-electron chi connectivity index (χ1n) is 6.98. The Hall–Kier alpha value is -2.02. The average molecular weight is 296 g/mol. The van der Waals surface area contributed by atoms with Crippen LogP contribution in [-0.4, -0.2) is 59.8 Å². The van der Waals surface area contributed by atoms with Crippen molar-refractivity contribution in [3.8, 4) is 0 Å². The molecule has 2 rings (SSSR count). The molecule has 1 aliphatic heterocycles. The first-order valence-corrected chi connectivity index (χ1v) is 6.98. The molecule has 0 unspecified atom stereocenters. The van der Waals surface area contributed by atoms with E-state index in [0.717, 1.165) is 18.7 Å². The van der Waals surface area contributed by atoms with Gasteiger partial charge in [0, 0.05) is 38.3 Å². The lowest BCUT2D eigenvalue weighted by molar-refractivity contribution is 0.0660. The molecule has 116 valence electrons. The maximum atomic E-state index is 11.6. The van der Waals surface area contributed by atoms with E-state index in [1.807, 2.05) is 0 Å². The molecule has 1 aromatic rings. The van der Waals surface area contributed by atoms with Crippen LogP contribution in [-0.2, 0) is 11.3 Å². The van der Waals surface area contributed by atoms with Crippen molar-refractivity contribution in [1.29, 1.82) is 0 Å². The van der Waals surface area contributed by atoms with E-state index < -0.39 is 5.97 Å². The molecular formula is C14H20N2O5. The smallest absolute Gasteiger partial charge is 0.409 e. The van der Waals surface area contributed by atoms with E-state index in [1.54, 1.807) is 24.8 Å². The number of carbonyl (C=O) groups is 2. The summed E-state index contributed by atoms with van der Waals surface area (Å²) in [6.07, 6.45) is -0.273. The number of carbonyl (C=O) groups excluding carboxylic acids is 1. The number of piperazine rings is 1. The molecular weight excluding hydrogens is 276 g/mol. The normalized spacial score (nSPS) is 16.0. The van der Waals surface area contributed by atoms with Crippen LogP contribution in [0.1, 0.15) is 28.8 Å². The van der Waals surface area contributed by atoms with E-state index in [9.17, 15) is 9.59 Å². The first-order chi connectivity index (χ1) is 10.0. The van der Waals surface area contributed by atoms with Gasteiger partial charge in [0.2, 0.25) is 5.76 Å². The number of aryl methyl sites for hydroxylation is 1. The Balaban J connectivity index is 1.89. The fourth-order valence-corrected chi connectivity index (χ4v) is 2.33. The zero-order chi connectivity index (χ0) is 15.4. The zero-order valence-electron chi connectivity index (χ0n) is 12.3. The number of furan rings is 1. The molecule has 1 aliphatic rings. The van der Waals surface area contributed by atoms with Crippen LogP contribution in [0.3, 0.4) is 0 Å². The fourth-order valence-electron chi connectivity index (χ4n) is 2.33. The van der Waals surface area contributed by atoms with Gasteiger partial charge in [-0.15, -0.1) is 0 Å². The van der Waals surface area contributed by atoms with Gasteiger partial charge >= 0.3 is 12.1 Å². The maximum absolute atomic E-state index is 11.6. The summed E-state index contributed by atoms with van der Waals surface area (Å²) in [6, 6.07) is 1.56. The van der Waals surface area contributed by atoms with Crippen molar-refractivity contribution in [1.82, 2.24) is 9.80 Å². The molecule has 0 radical (unpaired) electrons. The molecule has 7 nitrogen and oxygen atoms in total. The molecule has 0 spiro atoms. The Labute approximate surface area is 123 Å². The number of ether oxygens (including phenoxy) is 1. The quantitative estimate of drug-likeness (QED) is 0.908. The minimum absolute atomic E-state index is 0.0346. The predicted octanol–water partition coefficient (Wildman–Crippen LogP) is 1.56. The van der Waals surface area contributed by atoms with Crippen molar-refractivity contribution in [2.24, 2.45) is 0 Å². The molecule has 21 heavy (non-hydrogen) atoms. The number of carboxylic acid groups (broad SMARTS) is 1. The van der Waals surface area contributed by atoms with Crippen LogP contribution >= 0.6 is 0 Å². The Morgan fingerprint density at radius 2 is 2.00 bits per heavy atom. The molecule has 7 heteroatoms. The minimum Gasteiger partial charge on any atom is -0.475 e. The van der Waals surface area contributed by atoms with E-state index in [2.05, 4.69) is 4.90 Å². The summed E-state index contributed by atoms with van der Waals surface area (Å²) < 4.78 is 10.2. The van der Waals surface area contributed by atoms with Gasteiger partial charge in [-0.3, -0.25) is 4.90 Å². The van der Waals surface area contributed by atoms with Gasteiger partial charge < -0.3 is 19.2 Å². The molecule has 0 aliphatic carbocycles. The number of amides is 1. The number of hydrogen-bond acceptors (Lipinski definition) is 5. The minimum atomic E-state index is -1.06. The molecule has 0 atom stereocenters. The monoisotopic (exact) mass is 296 g/mol. The zero-order valence-corrected chi connectivity index (χ0v) is 12.3. The summed E-state index contributed by atoms with van der Waals surface area (Å²) >= 11 is 0. The van der Waals surface area contributed by atoms with Crippen LogP contribution < -0.4 is 0 Å². The SMILES string of the molecule is CCOC(=O)N1CCN(Cc2cc(C(=O)O)oc2C)CC1. The van der Waals surface area contributed by atoms with Gasteiger partial charge in [-0.25, -0.2) is 9.59 Å². The van der Waals surface area contributed by atoms with Crippen molar-refractivity contribution < 1.29 is 23.8 Å². The highest BCUT2D eigenvalue weighted by Gasteiger charge is 2.23. The Bertz CT molecular complexity index is 517. The predicted molar refractivity (Wildman–Crippen MR) is 74.3 cm³/mol. The number of carboxylic acids is 1. The van der Waals surface area contributed by atoms with Crippen LogP contribution in [0.25, 0.3) is 0 Å². The van der Waals surface area contributed by atoms with Crippen LogP contribution in [0.5, 0.6) is 0 Å². The summed E-state index contributed by atoms with van der Waals surface area (Å²) in [7, 11) is 0. The largest absolute Gasteiger partial charge is 0.475 e. The van der Waals surface area contributed by atoms with Gasteiger partial charge in [0.15, 0.2) is 0 Å². The van der Waals surface area contributed by atoms with Crippen molar-refractivity contribution >= 4 is 12.1 Å². The van der Waals surface area contributed by atoms with E-state index in [0.29, 0.717) is 32.0 Å². The van der Waals surface area contributed by atoms with Gasteiger partial charge in [-0.1, -0.05) is 0 Å². The lowest BCUT2D eigenvalue weighted by atomic mass is 10.2. The summed E-state index contributed by atoms with van der Waals surface area (Å²) in [5, 5.41) is 8.91. The summed E-state index contributed by atoms with van der Waals surface area (Å²) in [4.78, 5) is 26.3. The van der Waals surface area contributed by atoms with Crippen LogP contribution in [0.15, 0.2) is 10.5 Å². The van der Waals surface area contributed by atoms with E-state index >= 15 is 0 Å². The third kappa shape index (κ3) is 3.75. The van der Waals surface area contributed by atoms with E-state index in [4.69, 9.17) is 14.3 Å². The highest BCUT2D eigenvalue weighted by molar-refractivity contribution is 5.84. The topological polar surface area (TPSA) is 83.2 Å². The highest BCUT2D eigenvalue weighted by Crippen LogP contribution is 2.18. The Morgan fingerprint density at radius 3 is 2.52 bits per heavy atom. The lowest BCUT2D eigenvalue weighted by Crippen LogP contribution is -2.48. The summed E-state index contributed by atoms with van der Waals surface area (Å²) in [5.74, 6) is -0.468. The van der Waals surface area contributed by atoms with E-state index in [-0.39, 0.29) is 11.9 Å². The van der Waals surface area contributed by atoms with Crippen LogP contribution in [0.2, 0.25) is 0 Å². The highest BCUT2D eigenvalue weighted by atomic mass is 16.6.